The van der Waals surface area contributed by atoms with E-state index in [0.29, 0.717) is 6.04 Å². The fraction of sp³-hybridized carbons (Fsp3) is 0.333. The molecule has 1 atom stereocenters. The van der Waals surface area contributed by atoms with E-state index in [4.69, 9.17) is 35.0 Å². The van der Waals surface area contributed by atoms with Crippen molar-refractivity contribution in [3.63, 3.8) is 0 Å². The molecule has 6 nitrogen and oxygen atoms in total. The number of pyridine rings is 1. The third-order valence-electron chi connectivity index (χ3n) is 5.16. The van der Waals surface area contributed by atoms with Crippen molar-refractivity contribution in [2.24, 2.45) is 0 Å². The van der Waals surface area contributed by atoms with Gasteiger partial charge in [-0.2, -0.15) is 5.10 Å². The first-order valence-corrected chi connectivity index (χ1v) is 10.4. The first-order valence-electron chi connectivity index (χ1n) is 10.1. The van der Waals surface area contributed by atoms with Gasteiger partial charge in [-0.25, -0.2) is 9.37 Å². The highest BCUT2D eigenvalue weighted by atomic mass is 35.5. The van der Waals surface area contributed by atoms with E-state index in [1.165, 1.54) is 13.0 Å². The molecular weight excluding hydrogens is 428 g/mol. The number of hydrogen-bond donors (Lipinski definition) is 2. The van der Waals surface area contributed by atoms with Crippen LogP contribution < -0.4 is 15.8 Å². The van der Waals surface area contributed by atoms with Gasteiger partial charge in [0.2, 0.25) is 0 Å². The Morgan fingerprint density at radius 3 is 2.83 bits per heavy atom. The van der Waals surface area contributed by atoms with E-state index in [1.807, 2.05) is 10.9 Å². The van der Waals surface area contributed by atoms with Crippen LogP contribution in [-0.4, -0.2) is 27.9 Å². The number of nitrogen functional groups attached to an aromatic ring is 1. The molecule has 0 spiro atoms. The van der Waals surface area contributed by atoms with Crippen LogP contribution in [-0.2, 0) is 0 Å². The second-order valence-corrected chi connectivity index (χ2v) is 7.96. The summed E-state index contributed by atoms with van der Waals surface area (Å²) in [6, 6.07) is 4.50. The number of benzene rings is 1. The highest BCUT2D eigenvalue weighted by Gasteiger charge is 2.21. The van der Waals surface area contributed by atoms with E-state index in [-0.39, 0.29) is 27.2 Å². The number of anilines is 1. The zero-order chi connectivity index (χ0) is 22.2. The SMILES string of the molecule is [2H][C@@](C)(Oc1cc(-c2cnn(C3CCNCC3)c2)cnc1N)c1c(Cl)ccc(F)c1Cl. The second-order valence-electron chi connectivity index (χ2n) is 7.17. The maximum Gasteiger partial charge on any atom is 0.166 e. The topological polar surface area (TPSA) is 78.0 Å². The first-order chi connectivity index (χ1) is 14.8. The van der Waals surface area contributed by atoms with Crippen LogP contribution >= 0.6 is 23.2 Å². The van der Waals surface area contributed by atoms with Gasteiger partial charge >= 0.3 is 0 Å². The summed E-state index contributed by atoms with van der Waals surface area (Å²) in [7, 11) is 0. The summed E-state index contributed by atoms with van der Waals surface area (Å²) < 4.78 is 30.4. The monoisotopic (exact) mass is 450 g/mol. The molecular formula is C21H22Cl2FN5O. The minimum Gasteiger partial charge on any atom is -0.482 e. The van der Waals surface area contributed by atoms with Gasteiger partial charge in [-0.05, 0) is 51.1 Å². The van der Waals surface area contributed by atoms with Crippen LogP contribution in [0.5, 0.6) is 5.75 Å². The van der Waals surface area contributed by atoms with Crippen molar-refractivity contribution in [3.05, 3.63) is 58.2 Å². The van der Waals surface area contributed by atoms with Crippen molar-refractivity contribution < 1.29 is 10.5 Å². The van der Waals surface area contributed by atoms with E-state index in [2.05, 4.69) is 15.4 Å². The average Bonchev–Trinajstić information content (AvgIpc) is 3.23. The molecule has 1 aliphatic rings. The summed E-state index contributed by atoms with van der Waals surface area (Å²) in [5.74, 6) is -0.425. The van der Waals surface area contributed by atoms with Gasteiger partial charge in [-0.1, -0.05) is 23.2 Å². The molecule has 0 radical (unpaired) electrons. The molecule has 3 heterocycles. The van der Waals surface area contributed by atoms with E-state index < -0.39 is 11.9 Å². The number of halogens is 3. The van der Waals surface area contributed by atoms with Crippen LogP contribution in [0.25, 0.3) is 11.1 Å². The van der Waals surface area contributed by atoms with Gasteiger partial charge in [0.05, 0.1) is 18.6 Å². The summed E-state index contributed by atoms with van der Waals surface area (Å²) in [4.78, 5) is 4.20. The second kappa shape index (κ2) is 8.79. The fourth-order valence-corrected chi connectivity index (χ4v) is 4.16. The fourth-order valence-electron chi connectivity index (χ4n) is 3.52. The van der Waals surface area contributed by atoms with Gasteiger partial charge in [0.15, 0.2) is 11.6 Å². The average molecular weight is 451 g/mol. The van der Waals surface area contributed by atoms with Gasteiger partial charge < -0.3 is 15.8 Å². The maximum absolute atomic E-state index is 14.0. The number of piperidine rings is 1. The lowest BCUT2D eigenvalue weighted by Gasteiger charge is -2.22. The number of nitrogens with two attached hydrogens (primary N) is 1. The predicted octanol–water partition coefficient (Wildman–Crippen LogP) is 5.04. The van der Waals surface area contributed by atoms with E-state index in [1.54, 1.807) is 18.5 Å². The van der Waals surface area contributed by atoms with Crippen LogP contribution in [0.4, 0.5) is 10.2 Å². The maximum atomic E-state index is 14.0. The van der Waals surface area contributed by atoms with E-state index in [0.717, 1.165) is 43.1 Å². The molecule has 1 aliphatic heterocycles. The Morgan fingerprint density at radius 2 is 2.07 bits per heavy atom. The smallest absolute Gasteiger partial charge is 0.166 e. The van der Waals surface area contributed by atoms with E-state index >= 15 is 0 Å². The number of ether oxygens (including phenoxy) is 1. The quantitative estimate of drug-likeness (QED) is 0.532. The van der Waals surface area contributed by atoms with Gasteiger partial charge in [-0.3, -0.25) is 4.68 Å². The summed E-state index contributed by atoms with van der Waals surface area (Å²) in [5, 5.41) is 7.69. The van der Waals surface area contributed by atoms with Crippen molar-refractivity contribution >= 4 is 29.0 Å². The molecule has 3 N–H and O–H groups in total. The molecule has 0 unspecified atom stereocenters. The van der Waals surface area contributed by atoms with Gasteiger partial charge in [0.25, 0.3) is 0 Å². The molecule has 9 heteroatoms. The number of hydrogen-bond acceptors (Lipinski definition) is 5. The van der Waals surface area contributed by atoms with Crippen LogP contribution in [0.2, 0.25) is 10.0 Å². The summed E-state index contributed by atoms with van der Waals surface area (Å²) >= 11 is 12.3. The Balaban J connectivity index is 1.63. The molecule has 2 aromatic heterocycles. The molecule has 158 valence electrons. The lowest BCUT2D eigenvalue weighted by Crippen LogP contribution is -2.29. The molecule has 0 amide bonds. The number of nitrogens with zero attached hydrogens (tertiary/aromatic N) is 3. The highest BCUT2D eigenvalue weighted by molar-refractivity contribution is 6.36. The van der Waals surface area contributed by atoms with Crippen LogP contribution in [0, 0.1) is 5.82 Å². The molecule has 1 fully saturated rings. The Morgan fingerprint density at radius 1 is 1.30 bits per heavy atom. The summed E-state index contributed by atoms with van der Waals surface area (Å²) in [5.41, 5.74) is 7.59. The third-order valence-corrected chi connectivity index (χ3v) is 5.84. The van der Waals surface area contributed by atoms with Gasteiger partial charge in [0, 0.05) is 34.1 Å². The molecule has 3 aromatic rings. The first kappa shape index (κ1) is 19.6. The summed E-state index contributed by atoms with van der Waals surface area (Å²) in [6.45, 7) is 3.35. The number of rotatable bonds is 5. The minimum absolute atomic E-state index is 0.0133. The molecule has 0 bridgehead atoms. The molecule has 1 aromatic carbocycles. The Labute approximate surface area is 185 Å². The summed E-state index contributed by atoms with van der Waals surface area (Å²) in [6.07, 6.45) is 5.58. The van der Waals surface area contributed by atoms with Crippen molar-refractivity contribution in [2.45, 2.75) is 31.9 Å². The molecule has 4 rings (SSSR count). The van der Waals surface area contributed by atoms with E-state index in [9.17, 15) is 4.39 Å². The van der Waals surface area contributed by atoms with Gasteiger partial charge in [-0.15, -0.1) is 0 Å². The van der Waals surface area contributed by atoms with Crippen LogP contribution in [0.1, 0.15) is 38.8 Å². The Hall–Kier alpha value is -2.35. The van der Waals surface area contributed by atoms with Crippen molar-refractivity contribution in [3.8, 4) is 16.9 Å². The lowest BCUT2D eigenvalue weighted by atomic mass is 10.1. The third kappa shape index (κ3) is 4.24. The normalized spacial score (nSPS) is 17.4. The highest BCUT2D eigenvalue weighted by Crippen LogP contribution is 2.37. The minimum atomic E-state index is -1.80. The predicted molar refractivity (Wildman–Crippen MR) is 116 cm³/mol. The van der Waals surface area contributed by atoms with Gasteiger partial charge in [0.1, 0.15) is 11.9 Å². The number of nitrogens with one attached hydrogen (secondary N) is 1. The van der Waals surface area contributed by atoms with Crippen molar-refractivity contribution in [1.82, 2.24) is 20.1 Å². The van der Waals surface area contributed by atoms with Crippen LogP contribution in [0.15, 0.2) is 36.8 Å². The zero-order valence-electron chi connectivity index (χ0n) is 17.3. The molecule has 0 aliphatic carbocycles. The Kier molecular flexibility index (Phi) is 5.75. The lowest BCUT2D eigenvalue weighted by molar-refractivity contribution is 0.227. The molecule has 0 saturated carbocycles. The van der Waals surface area contributed by atoms with Crippen LogP contribution in [0.3, 0.4) is 0 Å². The van der Waals surface area contributed by atoms with Crippen molar-refractivity contribution in [1.29, 1.82) is 0 Å². The number of aromatic nitrogens is 3. The Bertz CT molecular complexity index is 1100. The molecule has 30 heavy (non-hydrogen) atoms. The van der Waals surface area contributed by atoms with Crippen molar-refractivity contribution in [2.75, 3.05) is 18.8 Å². The zero-order valence-corrected chi connectivity index (χ0v) is 17.8. The standard InChI is InChI=1S/C21H22Cl2FN5O/c1-12(19-16(22)2-3-17(24)20(19)23)30-18-8-13(9-27-21(18)25)14-10-28-29(11-14)15-4-6-26-7-5-15/h2-3,8-12,15,26H,4-7H2,1H3,(H2,25,27)/t12-/m0/s1/i12D. The molecule has 1 saturated heterocycles. The largest absolute Gasteiger partial charge is 0.482 e.